The number of nitrogens with one attached hydrogen (secondary N) is 1. The summed E-state index contributed by atoms with van der Waals surface area (Å²) in [6, 6.07) is -0.629. The standard InChI is InChI=1S/C73H139NO5/c1-3-5-7-9-11-13-15-17-19-20-21-22-23-25-28-31-34-38-41-45-49-53-57-61-65-71(76)70(69-75)74-72(77)66-62-58-54-50-46-42-39-35-32-29-26-24-27-30-33-36-40-44-48-52-56-60-64-68-79-73(78)67-63-59-55-51-47-43-37-18-16-14-12-10-8-6-4-2/h12,14,18,37,61,65,70-71,75-76H,3-11,13,15-17,19-36,38-60,62-64,66-69H2,1-2H3,(H,74,77)/b14-12-,37-18-,65-61+. The van der Waals surface area contributed by atoms with Crippen LogP contribution in [0, 0.1) is 0 Å². The topological polar surface area (TPSA) is 95.9 Å². The molecule has 0 aromatic heterocycles. The predicted molar refractivity (Wildman–Crippen MR) is 347 cm³/mol. The molecular formula is C73H139NO5. The average Bonchev–Trinajstić information content (AvgIpc) is 3.45. The summed E-state index contributed by atoms with van der Waals surface area (Å²) >= 11 is 0. The van der Waals surface area contributed by atoms with Gasteiger partial charge in [-0.05, 0) is 64.2 Å². The number of unbranched alkanes of at least 4 members (excludes halogenated alkanes) is 52. The third-order valence-corrected chi connectivity index (χ3v) is 16.7. The lowest BCUT2D eigenvalue weighted by Gasteiger charge is -2.20. The van der Waals surface area contributed by atoms with Gasteiger partial charge in [0.1, 0.15) is 0 Å². The van der Waals surface area contributed by atoms with Gasteiger partial charge in [0.2, 0.25) is 5.91 Å². The van der Waals surface area contributed by atoms with Gasteiger partial charge in [-0.15, -0.1) is 0 Å². The molecule has 0 aliphatic carbocycles. The van der Waals surface area contributed by atoms with E-state index in [9.17, 15) is 19.8 Å². The minimum atomic E-state index is -0.846. The van der Waals surface area contributed by atoms with Gasteiger partial charge >= 0.3 is 5.97 Å². The first kappa shape index (κ1) is 77.1. The Kier molecular flexibility index (Phi) is 66.9. The van der Waals surface area contributed by atoms with Crippen molar-refractivity contribution >= 4 is 11.9 Å². The number of esters is 1. The molecule has 6 heteroatoms. The normalized spacial score (nSPS) is 12.7. The lowest BCUT2D eigenvalue weighted by atomic mass is 10.0. The van der Waals surface area contributed by atoms with E-state index in [1.165, 1.54) is 315 Å². The molecule has 0 bridgehead atoms. The first-order chi connectivity index (χ1) is 39.0. The number of hydrogen-bond acceptors (Lipinski definition) is 5. The number of carbonyl (C=O) groups excluding carboxylic acids is 2. The molecule has 0 saturated carbocycles. The minimum absolute atomic E-state index is 0.000483. The summed E-state index contributed by atoms with van der Waals surface area (Å²) in [5.74, 6) is -0.0630. The largest absolute Gasteiger partial charge is 0.466 e. The SMILES string of the molecule is CCCCC/C=C\C/C=C\CCCCCCCC(=O)OCCCCCCCCCCCCCCCCCCCCCCCCCC(=O)NC(CO)C(O)/C=C/CCCCCCCCCCCCCCCCCCCCCCCC. The van der Waals surface area contributed by atoms with Gasteiger partial charge in [0.05, 0.1) is 25.4 Å². The Morgan fingerprint density at radius 2 is 0.633 bits per heavy atom. The number of hydrogen-bond donors (Lipinski definition) is 3. The molecule has 79 heavy (non-hydrogen) atoms. The molecule has 0 aliphatic heterocycles. The average molecular weight is 1110 g/mol. The van der Waals surface area contributed by atoms with Crippen molar-refractivity contribution < 1.29 is 24.5 Å². The van der Waals surface area contributed by atoms with Crippen LogP contribution in [-0.4, -0.2) is 47.4 Å². The summed E-state index contributed by atoms with van der Waals surface area (Å²) in [6.45, 7) is 4.91. The number of aliphatic hydroxyl groups is 2. The Balaban J connectivity index is 3.41. The van der Waals surface area contributed by atoms with Crippen molar-refractivity contribution in [3.05, 3.63) is 36.5 Å². The van der Waals surface area contributed by atoms with Gasteiger partial charge in [-0.3, -0.25) is 9.59 Å². The summed E-state index contributed by atoms with van der Waals surface area (Å²) in [7, 11) is 0. The molecular weight excluding hydrogens is 971 g/mol. The molecule has 6 nitrogen and oxygen atoms in total. The second kappa shape index (κ2) is 68.6. The van der Waals surface area contributed by atoms with Crippen LogP contribution in [0.15, 0.2) is 36.5 Å². The van der Waals surface area contributed by atoms with Crippen LogP contribution in [0.5, 0.6) is 0 Å². The maximum Gasteiger partial charge on any atom is 0.305 e. The molecule has 0 spiro atoms. The number of amides is 1. The van der Waals surface area contributed by atoms with Gasteiger partial charge in [0.25, 0.3) is 0 Å². The summed E-state index contributed by atoms with van der Waals surface area (Å²) in [4.78, 5) is 24.6. The van der Waals surface area contributed by atoms with Crippen molar-refractivity contribution in [2.24, 2.45) is 0 Å². The molecule has 0 aliphatic rings. The van der Waals surface area contributed by atoms with E-state index in [1.54, 1.807) is 6.08 Å². The Labute approximate surface area is 494 Å². The molecule has 1 amide bonds. The highest BCUT2D eigenvalue weighted by molar-refractivity contribution is 5.76. The highest BCUT2D eigenvalue weighted by Crippen LogP contribution is 2.19. The Bertz CT molecular complexity index is 1280. The molecule has 2 atom stereocenters. The van der Waals surface area contributed by atoms with Crippen molar-refractivity contribution in [1.82, 2.24) is 5.32 Å². The molecule has 466 valence electrons. The minimum Gasteiger partial charge on any atom is -0.466 e. The van der Waals surface area contributed by atoms with E-state index in [2.05, 4.69) is 43.5 Å². The Morgan fingerprint density at radius 3 is 0.987 bits per heavy atom. The van der Waals surface area contributed by atoms with Gasteiger partial charge in [0, 0.05) is 12.8 Å². The van der Waals surface area contributed by atoms with Gasteiger partial charge in [-0.25, -0.2) is 0 Å². The van der Waals surface area contributed by atoms with E-state index < -0.39 is 12.1 Å². The number of allylic oxidation sites excluding steroid dienone is 5. The maximum atomic E-state index is 12.5. The molecule has 0 rings (SSSR count). The van der Waals surface area contributed by atoms with Crippen molar-refractivity contribution in [2.45, 2.75) is 405 Å². The van der Waals surface area contributed by atoms with E-state index in [0.29, 0.717) is 19.4 Å². The molecule has 0 radical (unpaired) electrons. The molecule has 0 saturated heterocycles. The van der Waals surface area contributed by atoms with Gasteiger partial charge in [0.15, 0.2) is 0 Å². The number of carbonyl (C=O) groups is 2. The second-order valence-corrected chi connectivity index (χ2v) is 24.6. The quantitative estimate of drug-likeness (QED) is 0.0320. The van der Waals surface area contributed by atoms with E-state index in [0.717, 1.165) is 51.4 Å². The zero-order valence-corrected chi connectivity index (χ0v) is 53.4. The van der Waals surface area contributed by atoms with Gasteiger partial charge in [-0.1, -0.05) is 352 Å². The maximum absolute atomic E-state index is 12.5. The third kappa shape index (κ3) is 65.1. The van der Waals surface area contributed by atoms with Crippen LogP contribution >= 0.6 is 0 Å². The third-order valence-electron chi connectivity index (χ3n) is 16.7. The summed E-state index contributed by atoms with van der Waals surface area (Å²) < 4.78 is 5.49. The van der Waals surface area contributed by atoms with E-state index in [-0.39, 0.29) is 18.5 Å². The Hall–Kier alpha value is -1.92. The summed E-state index contributed by atoms with van der Waals surface area (Å²) in [5, 5.41) is 23.3. The number of aliphatic hydroxyl groups excluding tert-OH is 2. The lowest BCUT2D eigenvalue weighted by Crippen LogP contribution is -2.45. The highest BCUT2D eigenvalue weighted by Gasteiger charge is 2.18. The summed E-state index contributed by atoms with van der Waals surface area (Å²) in [5.41, 5.74) is 0. The first-order valence-corrected chi connectivity index (χ1v) is 35.8. The van der Waals surface area contributed by atoms with Crippen LogP contribution < -0.4 is 5.32 Å². The van der Waals surface area contributed by atoms with Crippen LogP contribution in [0.25, 0.3) is 0 Å². The number of rotatable bonds is 67. The van der Waals surface area contributed by atoms with Crippen LogP contribution in [0.3, 0.4) is 0 Å². The van der Waals surface area contributed by atoms with Crippen LogP contribution in [-0.2, 0) is 14.3 Å². The fourth-order valence-electron chi connectivity index (χ4n) is 11.2. The zero-order valence-electron chi connectivity index (χ0n) is 53.4. The molecule has 0 aromatic carbocycles. The van der Waals surface area contributed by atoms with E-state index >= 15 is 0 Å². The zero-order chi connectivity index (χ0) is 57.1. The smallest absolute Gasteiger partial charge is 0.305 e. The van der Waals surface area contributed by atoms with Crippen LogP contribution in [0.2, 0.25) is 0 Å². The van der Waals surface area contributed by atoms with Crippen molar-refractivity contribution in [3.63, 3.8) is 0 Å². The monoisotopic (exact) mass is 1110 g/mol. The van der Waals surface area contributed by atoms with Gasteiger partial charge < -0.3 is 20.3 Å². The second-order valence-electron chi connectivity index (χ2n) is 24.6. The lowest BCUT2D eigenvalue weighted by molar-refractivity contribution is -0.143. The van der Waals surface area contributed by atoms with Crippen molar-refractivity contribution in [2.75, 3.05) is 13.2 Å². The highest BCUT2D eigenvalue weighted by atomic mass is 16.5. The molecule has 0 heterocycles. The molecule has 0 aromatic rings. The van der Waals surface area contributed by atoms with Gasteiger partial charge in [-0.2, -0.15) is 0 Å². The van der Waals surface area contributed by atoms with Crippen LogP contribution in [0.4, 0.5) is 0 Å². The summed E-state index contributed by atoms with van der Waals surface area (Å²) in [6.07, 6.45) is 87.9. The van der Waals surface area contributed by atoms with Crippen LogP contribution in [0.1, 0.15) is 393 Å². The fraction of sp³-hybridized carbons (Fsp3) is 0.890. The molecule has 2 unspecified atom stereocenters. The van der Waals surface area contributed by atoms with Crippen molar-refractivity contribution in [3.8, 4) is 0 Å². The predicted octanol–water partition coefficient (Wildman–Crippen LogP) is 23.1. The number of ether oxygens (including phenoxy) is 1. The van der Waals surface area contributed by atoms with E-state index in [1.807, 2.05) is 6.08 Å². The van der Waals surface area contributed by atoms with Crippen molar-refractivity contribution in [1.29, 1.82) is 0 Å². The van der Waals surface area contributed by atoms with E-state index in [4.69, 9.17) is 4.74 Å². The Morgan fingerprint density at radius 1 is 0.354 bits per heavy atom. The molecule has 3 N–H and O–H groups in total. The first-order valence-electron chi connectivity index (χ1n) is 35.8. The molecule has 0 fully saturated rings. The fourth-order valence-corrected chi connectivity index (χ4v) is 11.2.